The highest BCUT2D eigenvalue weighted by Gasteiger charge is 2.69. The minimum Gasteiger partial charge on any atom is -0.481 e. The Kier molecular flexibility index (Phi) is 5.32. The molecule has 0 aromatic rings. The largest absolute Gasteiger partial charge is 0.481 e. The average molecular weight is 487 g/mol. The third-order valence-electron chi connectivity index (χ3n) is 13.4. The quantitative estimate of drug-likeness (QED) is 0.398. The van der Waals surface area contributed by atoms with Crippen LogP contribution in [0.2, 0.25) is 0 Å². The van der Waals surface area contributed by atoms with Crippen molar-refractivity contribution in [2.45, 2.75) is 112 Å². The number of aliphatic hydroxyl groups excluding tert-OH is 1. The van der Waals surface area contributed by atoms with Crippen molar-refractivity contribution in [1.29, 1.82) is 0 Å². The van der Waals surface area contributed by atoms with E-state index in [1.165, 1.54) is 5.57 Å². The Morgan fingerprint density at radius 2 is 1.49 bits per heavy atom. The maximum atomic E-state index is 12.5. The molecule has 0 saturated heterocycles. The number of carbonyl (C=O) groups is 2. The van der Waals surface area contributed by atoms with Crippen molar-refractivity contribution in [2.75, 3.05) is 0 Å². The van der Waals surface area contributed by atoms with E-state index in [4.69, 9.17) is 0 Å². The van der Waals surface area contributed by atoms with Crippen LogP contribution in [0.25, 0.3) is 0 Å². The molecule has 196 valence electrons. The predicted molar refractivity (Wildman–Crippen MR) is 135 cm³/mol. The molecule has 5 heteroatoms. The fourth-order valence-corrected chi connectivity index (χ4v) is 10.5. The Morgan fingerprint density at radius 3 is 2.11 bits per heavy atom. The highest BCUT2D eigenvalue weighted by molar-refractivity contribution is 5.76. The Bertz CT molecular complexity index is 987. The van der Waals surface area contributed by atoms with Gasteiger partial charge in [0.1, 0.15) is 0 Å². The van der Waals surface area contributed by atoms with Crippen molar-refractivity contribution < 1.29 is 24.9 Å². The van der Waals surface area contributed by atoms with Gasteiger partial charge in [0.25, 0.3) is 0 Å². The van der Waals surface area contributed by atoms with Crippen LogP contribution in [-0.2, 0) is 9.59 Å². The van der Waals surface area contributed by atoms with Crippen molar-refractivity contribution >= 4 is 11.9 Å². The number of hydrogen-bond acceptors (Lipinski definition) is 3. The first-order chi connectivity index (χ1) is 16.1. The second-order valence-electron chi connectivity index (χ2n) is 14.7. The lowest BCUT2D eigenvalue weighted by Crippen LogP contribution is -2.66. The summed E-state index contributed by atoms with van der Waals surface area (Å²) in [7, 11) is 0. The molecule has 0 aliphatic heterocycles. The Hall–Kier alpha value is -1.36. The zero-order valence-electron chi connectivity index (χ0n) is 22.6. The summed E-state index contributed by atoms with van der Waals surface area (Å²) in [6, 6.07) is 0. The maximum absolute atomic E-state index is 12.5. The first-order valence-corrected chi connectivity index (χ1v) is 13.9. The average Bonchev–Trinajstić information content (AvgIpc) is 2.78. The molecule has 0 aromatic heterocycles. The monoisotopic (exact) mass is 486 g/mol. The van der Waals surface area contributed by atoms with Crippen molar-refractivity contribution in [3.63, 3.8) is 0 Å². The van der Waals surface area contributed by atoms with Gasteiger partial charge in [-0.15, -0.1) is 0 Å². The van der Waals surface area contributed by atoms with Gasteiger partial charge in [-0.05, 0) is 117 Å². The van der Waals surface area contributed by atoms with Gasteiger partial charge in [-0.25, -0.2) is 0 Å². The van der Waals surface area contributed by atoms with Gasteiger partial charge in [-0.1, -0.05) is 39.3 Å². The van der Waals surface area contributed by atoms with Crippen molar-refractivity contribution in [2.24, 2.45) is 50.2 Å². The van der Waals surface area contributed by atoms with Crippen LogP contribution in [0.1, 0.15) is 106 Å². The first kappa shape index (κ1) is 25.3. The molecular weight excluding hydrogens is 440 g/mol. The van der Waals surface area contributed by atoms with Crippen LogP contribution in [0.3, 0.4) is 0 Å². The predicted octanol–water partition coefficient (Wildman–Crippen LogP) is 6.30. The topological polar surface area (TPSA) is 94.8 Å². The van der Waals surface area contributed by atoms with Gasteiger partial charge in [0.05, 0.1) is 16.9 Å². The van der Waals surface area contributed by atoms with E-state index in [1.54, 1.807) is 6.92 Å². The molecule has 35 heavy (non-hydrogen) atoms. The third kappa shape index (κ3) is 2.97. The minimum absolute atomic E-state index is 0.000511. The molecule has 4 fully saturated rings. The Balaban J connectivity index is 1.58. The van der Waals surface area contributed by atoms with E-state index < -0.39 is 28.9 Å². The number of rotatable bonds is 2. The zero-order chi connectivity index (χ0) is 25.8. The zero-order valence-corrected chi connectivity index (χ0v) is 22.6. The van der Waals surface area contributed by atoms with Crippen molar-refractivity contribution in [3.05, 3.63) is 11.6 Å². The fraction of sp³-hybridized carbons (Fsp3) is 0.867. The standard InChI is InChI=1S/C30H46O5/c1-25-13-14-26(2,23(32)33)17-19(25)18-7-8-20-27(3)11-10-22(31)30(6,24(34)35)21(27)9-12-29(20,5)28(18,4)16-15-25/h7,19-22,31H,8-17H2,1-6H3,(H,32,33)(H,34,35)/t19-,20+,21+,22-,25+,26+,27+,28+,29+,30-/m0/s1. The second-order valence-corrected chi connectivity index (χ2v) is 14.7. The van der Waals surface area contributed by atoms with Crippen LogP contribution in [0.5, 0.6) is 0 Å². The van der Waals surface area contributed by atoms with Crippen LogP contribution >= 0.6 is 0 Å². The van der Waals surface area contributed by atoms with Gasteiger partial charge < -0.3 is 15.3 Å². The highest BCUT2D eigenvalue weighted by Crippen LogP contribution is 2.75. The minimum atomic E-state index is -1.10. The number of carboxylic acid groups (broad SMARTS) is 2. The van der Waals surface area contributed by atoms with Crippen LogP contribution < -0.4 is 0 Å². The summed E-state index contributed by atoms with van der Waals surface area (Å²) in [5.41, 5.74) is -0.168. The van der Waals surface area contributed by atoms with Crippen LogP contribution in [0, 0.1) is 50.2 Å². The van der Waals surface area contributed by atoms with Crippen LogP contribution in [0.15, 0.2) is 11.6 Å². The summed E-state index contributed by atoms with van der Waals surface area (Å²) in [5, 5.41) is 31.2. The first-order valence-electron chi connectivity index (χ1n) is 13.9. The van der Waals surface area contributed by atoms with E-state index >= 15 is 0 Å². The van der Waals surface area contributed by atoms with E-state index in [-0.39, 0.29) is 27.6 Å². The molecule has 0 aromatic carbocycles. The van der Waals surface area contributed by atoms with E-state index in [1.807, 2.05) is 6.92 Å². The summed E-state index contributed by atoms with van der Waals surface area (Å²) >= 11 is 0. The summed E-state index contributed by atoms with van der Waals surface area (Å²) in [6.45, 7) is 13.4. The van der Waals surface area contributed by atoms with E-state index in [9.17, 15) is 24.9 Å². The van der Waals surface area contributed by atoms with Gasteiger partial charge in [-0.2, -0.15) is 0 Å². The lowest BCUT2D eigenvalue weighted by Gasteiger charge is -2.71. The molecule has 5 aliphatic carbocycles. The summed E-state index contributed by atoms with van der Waals surface area (Å²) in [4.78, 5) is 24.7. The number of allylic oxidation sites excluding steroid dienone is 2. The fourth-order valence-electron chi connectivity index (χ4n) is 10.5. The van der Waals surface area contributed by atoms with Crippen LogP contribution in [-0.4, -0.2) is 33.4 Å². The number of aliphatic hydroxyl groups is 1. The molecule has 0 amide bonds. The van der Waals surface area contributed by atoms with Gasteiger partial charge in [0.2, 0.25) is 0 Å². The molecule has 3 N–H and O–H groups in total. The number of fused-ring (bicyclic) bond motifs is 7. The molecule has 4 saturated carbocycles. The van der Waals surface area contributed by atoms with Gasteiger partial charge >= 0.3 is 11.9 Å². The molecule has 5 nitrogen and oxygen atoms in total. The van der Waals surface area contributed by atoms with Gasteiger partial charge in [0.15, 0.2) is 0 Å². The van der Waals surface area contributed by atoms with E-state index in [0.717, 1.165) is 57.8 Å². The number of carboxylic acids is 2. The third-order valence-corrected chi connectivity index (χ3v) is 13.4. The number of aliphatic carboxylic acids is 2. The smallest absolute Gasteiger partial charge is 0.312 e. The van der Waals surface area contributed by atoms with Crippen molar-refractivity contribution in [1.82, 2.24) is 0 Å². The lowest BCUT2D eigenvalue weighted by atomic mass is 9.33. The molecule has 0 unspecified atom stereocenters. The summed E-state index contributed by atoms with van der Waals surface area (Å²) in [5.74, 6) is -0.878. The van der Waals surface area contributed by atoms with E-state index in [2.05, 4.69) is 33.8 Å². The normalized spacial score (nSPS) is 55.5. The second kappa shape index (κ2) is 7.36. The number of hydrogen-bond donors (Lipinski definition) is 3. The molecule has 5 aliphatic rings. The molecule has 0 bridgehead atoms. The maximum Gasteiger partial charge on any atom is 0.312 e. The van der Waals surface area contributed by atoms with Gasteiger partial charge in [0, 0.05) is 0 Å². The molecule has 0 radical (unpaired) electrons. The molecular formula is C30H46O5. The van der Waals surface area contributed by atoms with Gasteiger partial charge in [-0.3, -0.25) is 9.59 Å². The van der Waals surface area contributed by atoms with Crippen LogP contribution in [0.4, 0.5) is 0 Å². The molecule has 0 spiro atoms. The summed E-state index contributed by atoms with van der Waals surface area (Å²) in [6.07, 6.45) is 10.6. The summed E-state index contributed by atoms with van der Waals surface area (Å²) < 4.78 is 0. The molecule has 0 heterocycles. The van der Waals surface area contributed by atoms with E-state index in [0.29, 0.717) is 18.3 Å². The molecule has 10 atom stereocenters. The lowest BCUT2D eigenvalue weighted by molar-refractivity contribution is -0.216. The Morgan fingerprint density at radius 1 is 0.829 bits per heavy atom. The SMILES string of the molecule is C[C@@]1(C(=O)O)CC[C@]2(C)CC[C@]3(C)C(=CC[C@@H]4[C@@]5(C)CC[C@H](O)[C@@](C)(C(=O)O)[C@@H]5CC[C@]43C)[C@@H]2C1. The Labute approximate surface area is 210 Å². The highest BCUT2D eigenvalue weighted by atomic mass is 16.4. The van der Waals surface area contributed by atoms with Crippen molar-refractivity contribution in [3.8, 4) is 0 Å². The molecule has 5 rings (SSSR count).